The van der Waals surface area contributed by atoms with Crippen LogP contribution in [0, 0.1) is 0 Å². The van der Waals surface area contributed by atoms with E-state index < -0.39 is 12.1 Å². The topological polar surface area (TPSA) is 52.6 Å². The lowest BCUT2D eigenvalue weighted by molar-refractivity contribution is 0.0319. The van der Waals surface area contributed by atoms with E-state index >= 15 is 0 Å². The number of esters is 1. The molecular weight excluding hydrogens is 460 g/mol. The molecule has 1 atom stereocenters. The van der Waals surface area contributed by atoms with Crippen molar-refractivity contribution < 1.29 is 19.1 Å². The van der Waals surface area contributed by atoms with Crippen LogP contribution < -0.4 is 4.74 Å². The van der Waals surface area contributed by atoms with Gasteiger partial charge < -0.3 is 9.47 Å². The molecule has 0 saturated heterocycles. The number of ether oxygens (including phenoxy) is 2. The second kappa shape index (κ2) is 14.8. The van der Waals surface area contributed by atoms with Crippen LogP contribution in [0.15, 0.2) is 85.5 Å². The Kier molecular flexibility index (Phi) is 11.2. The van der Waals surface area contributed by atoms with Gasteiger partial charge >= 0.3 is 5.97 Å². The zero-order valence-corrected chi connectivity index (χ0v) is 22.1. The highest BCUT2D eigenvalue weighted by atomic mass is 16.5. The van der Waals surface area contributed by atoms with E-state index in [0.29, 0.717) is 23.5 Å². The molecule has 0 aromatic heterocycles. The van der Waals surface area contributed by atoms with Crippen LogP contribution in [0.25, 0.3) is 11.1 Å². The zero-order chi connectivity index (χ0) is 26.5. The van der Waals surface area contributed by atoms with Crippen LogP contribution in [0.2, 0.25) is 0 Å². The van der Waals surface area contributed by atoms with Gasteiger partial charge in [0.15, 0.2) is 6.10 Å². The molecule has 0 bridgehead atoms. The van der Waals surface area contributed by atoms with E-state index in [4.69, 9.17) is 9.47 Å². The molecule has 37 heavy (non-hydrogen) atoms. The van der Waals surface area contributed by atoms with Crippen molar-refractivity contribution in [2.75, 3.05) is 6.61 Å². The molecule has 194 valence electrons. The summed E-state index contributed by atoms with van der Waals surface area (Å²) < 4.78 is 10.9. The summed E-state index contributed by atoms with van der Waals surface area (Å²) in [6.07, 6.45) is 9.68. The van der Waals surface area contributed by atoms with E-state index in [1.54, 1.807) is 49.4 Å². The Morgan fingerprint density at radius 2 is 1.35 bits per heavy atom. The number of hydrogen-bond donors (Lipinski definition) is 0. The number of carbonyl (C=O) groups excluding carboxylic acids is 2. The van der Waals surface area contributed by atoms with Gasteiger partial charge in [-0.1, -0.05) is 88.1 Å². The molecular formula is C33H38O4. The van der Waals surface area contributed by atoms with Crippen LogP contribution in [0.1, 0.15) is 78.7 Å². The number of benzene rings is 3. The fraction of sp³-hybridized carbons (Fsp3) is 0.333. The van der Waals surface area contributed by atoms with Gasteiger partial charge in [-0.3, -0.25) is 4.79 Å². The first-order chi connectivity index (χ1) is 18.0. The number of Topliss-reactive ketones (excluding diaryl/α,β-unsaturated/α-hetero) is 1. The number of unbranched alkanes of at least 4 members (excludes halogenated alkanes) is 5. The van der Waals surface area contributed by atoms with Crippen molar-refractivity contribution in [1.29, 1.82) is 0 Å². The molecule has 0 amide bonds. The van der Waals surface area contributed by atoms with Crippen molar-refractivity contribution in [3.05, 3.63) is 102 Å². The fourth-order valence-corrected chi connectivity index (χ4v) is 4.16. The second-order valence-corrected chi connectivity index (χ2v) is 9.33. The number of rotatable bonds is 15. The quantitative estimate of drug-likeness (QED) is 0.0916. The highest BCUT2D eigenvalue weighted by Gasteiger charge is 2.20. The molecule has 4 nitrogen and oxygen atoms in total. The molecule has 0 aliphatic heterocycles. The first kappa shape index (κ1) is 27.9. The van der Waals surface area contributed by atoms with Crippen molar-refractivity contribution in [1.82, 2.24) is 0 Å². The molecule has 0 spiro atoms. The summed E-state index contributed by atoms with van der Waals surface area (Å²) >= 11 is 0. The molecule has 3 aromatic rings. The van der Waals surface area contributed by atoms with Gasteiger partial charge in [0.25, 0.3) is 0 Å². The molecule has 1 unspecified atom stereocenters. The number of carbonyl (C=O) groups is 2. The molecule has 3 aromatic carbocycles. The summed E-state index contributed by atoms with van der Waals surface area (Å²) in [4.78, 5) is 25.3. The highest BCUT2D eigenvalue weighted by molar-refractivity contribution is 6.01. The molecule has 0 saturated carbocycles. The summed E-state index contributed by atoms with van der Waals surface area (Å²) in [5, 5.41) is 0. The summed E-state index contributed by atoms with van der Waals surface area (Å²) in [6, 6.07) is 22.7. The van der Waals surface area contributed by atoms with Crippen LogP contribution in [-0.2, 0) is 11.2 Å². The number of aryl methyl sites for hydroxylation is 1. The molecule has 0 heterocycles. The Morgan fingerprint density at radius 1 is 0.784 bits per heavy atom. The van der Waals surface area contributed by atoms with E-state index in [0.717, 1.165) is 17.5 Å². The molecule has 4 heteroatoms. The Labute approximate surface area is 221 Å². The van der Waals surface area contributed by atoms with Gasteiger partial charge in [-0.05, 0) is 72.9 Å². The minimum absolute atomic E-state index is 0.263. The minimum Gasteiger partial charge on any atom is -0.490 e. The molecule has 0 N–H and O–H groups in total. The third-order valence-electron chi connectivity index (χ3n) is 6.39. The van der Waals surface area contributed by atoms with E-state index in [9.17, 15) is 9.59 Å². The number of ketones is 1. The largest absolute Gasteiger partial charge is 0.490 e. The monoisotopic (exact) mass is 498 g/mol. The predicted molar refractivity (Wildman–Crippen MR) is 150 cm³/mol. The van der Waals surface area contributed by atoms with Crippen molar-refractivity contribution in [3.8, 4) is 16.9 Å². The van der Waals surface area contributed by atoms with Gasteiger partial charge in [-0.15, -0.1) is 0 Å². The summed E-state index contributed by atoms with van der Waals surface area (Å²) in [5.41, 5.74) is 4.37. The van der Waals surface area contributed by atoms with Crippen LogP contribution in [-0.4, -0.2) is 24.5 Å². The Morgan fingerprint density at radius 3 is 1.97 bits per heavy atom. The number of hydrogen-bond acceptors (Lipinski definition) is 4. The van der Waals surface area contributed by atoms with Crippen molar-refractivity contribution in [3.63, 3.8) is 0 Å². The third kappa shape index (κ3) is 8.75. The minimum atomic E-state index is -0.897. The molecule has 0 aliphatic carbocycles. The average Bonchev–Trinajstić information content (AvgIpc) is 2.94. The lowest BCUT2D eigenvalue weighted by Gasteiger charge is -2.13. The van der Waals surface area contributed by atoms with Crippen LogP contribution in [0.3, 0.4) is 0 Å². The maximum absolute atomic E-state index is 12.7. The second-order valence-electron chi connectivity index (χ2n) is 9.33. The zero-order valence-electron chi connectivity index (χ0n) is 22.1. The molecule has 0 radical (unpaired) electrons. The van der Waals surface area contributed by atoms with Gasteiger partial charge in [0.05, 0.1) is 5.56 Å². The molecule has 0 aliphatic rings. The van der Waals surface area contributed by atoms with Gasteiger partial charge in [-0.2, -0.15) is 0 Å². The summed E-state index contributed by atoms with van der Waals surface area (Å²) in [6.45, 7) is 7.84. The van der Waals surface area contributed by atoms with E-state index in [1.807, 2.05) is 12.1 Å². The van der Waals surface area contributed by atoms with Crippen LogP contribution in [0.5, 0.6) is 5.75 Å². The normalized spacial score (nSPS) is 11.5. The summed E-state index contributed by atoms with van der Waals surface area (Å²) in [7, 11) is 0. The smallest absolute Gasteiger partial charge is 0.338 e. The van der Waals surface area contributed by atoms with Crippen molar-refractivity contribution in [2.45, 2.75) is 64.9 Å². The SMILES string of the molecule is C=CCOc1ccc(C(=O)C(C)OC(=O)c2ccc(-c3ccc(CCCCCCCC)cc3)cc2)cc1. The Balaban J connectivity index is 1.51. The molecule has 0 fully saturated rings. The maximum atomic E-state index is 12.7. The summed E-state index contributed by atoms with van der Waals surface area (Å²) in [5.74, 6) is -0.137. The van der Waals surface area contributed by atoms with Gasteiger partial charge in [0.1, 0.15) is 12.4 Å². The van der Waals surface area contributed by atoms with E-state index in [1.165, 1.54) is 44.1 Å². The first-order valence-corrected chi connectivity index (χ1v) is 13.3. The standard InChI is InChI=1S/C33H38O4/c1-4-6-7-8-9-10-11-26-12-14-27(15-13-26)28-16-18-30(19-17-28)33(35)37-25(3)32(34)29-20-22-31(23-21-29)36-24-5-2/h5,12-23,25H,2,4,6-11,24H2,1,3H3. The third-order valence-corrected chi connectivity index (χ3v) is 6.39. The Bertz CT molecular complexity index is 1130. The van der Waals surface area contributed by atoms with E-state index in [-0.39, 0.29) is 5.78 Å². The van der Waals surface area contributed by atoms with Crippen LogP contribution >= 0.6 is 0 Å². The van der Waals surface area contributed by atoms with E-state index in [2.05, 4.69) is 37.8 Å². The predicted octanol–water partition coefficient (Wildman–Crippen LogP) is 8.25. The Hall–Kier alpha value is -3.66. The van der Waals surface area contributed by atoms with Gasteiger partial charge in [-0.25, -0.2) is 4.79 Å². The molecule has 3 rings (SSSR count). The highest BCUT2D eigenvalue weighted by Crippen LogP contribution is 2.22. The fourth-order valence-electron chi connectivity index (χ4n) is 4.16. The van der Waals surface area contributed by atoms with Crippen molar-refractivity contribution >= 4 is 11.8 Å². The van der Waals surface area contributed by atoms with Gasteiger partial charge in [0.2, 0.25) is 5.78 Å². The van der Waals surface area contributed by atoms with Crippen LogP contribution in [0.4, 0.5) is 0 Å². The maximum Gasteiger partial charge on any atom is 0.338 e. The average molecular weight is 499 g/mol. The lowest BCUT2D eigenvalue weighted by atomic mass is 10.00. The lowest BCUT2D eigenvalue weighted by Crippen LogP contribution is -2.24. The van der Waals surface area contributed by atoms with Crippen molar-refractivity contribution in [2.24, 2.45) is 0 Å². The van der Waals surface area contributed by atoms with Gasteiger partial charge in [0, 0.05) is 5.56 Å². The first-order valence-electron chi connectivity index (χ1n) is 13.3.